The lowest BCUT2D eigenvalue weighted by molar-refractivity contribution is -0.203. The summed E-state index contributed by atoms with van der Waals surface area (Å²) in [6.07, 6.45) is 50.0. The molecule has 0 aliphatic heterocycles. The van der Waals surface area contributed by atoms with E-state index in [1.165, 1.54) is 218 Å². The van der Waals surface area contributed by atoms with Gasteiger partial charge in [0.2, 0.25) is 0 Å². The van der Waals surface area contributed by atoms with Crippen LogP contribution in [-0.4, -0.2) is 133 Å². The molecule has 0 amide bonds. The van der Waals surface area contributed by atoms with Gasteiger partial charge in [0.25, 0.3) is 0 Å². The number of hydrogen-bond donors (Lipinski definition) is 8. The molecule has 0 heterocycles. The molecule has 0 spiro atoms. The van der Waals surface area contributed by atoms with Gasteiger partial charge in [0.1, 0.15) is 44.8 Å². The minimum absolute atomic E-state index is 0.0193. The first-order valence-electron chi connectivity index (χ1n) is 53.9. The molecule has 16 bridgehead atoms. The predicted molar refractivity (Wildman–Crippen MR) is 574 cm³/mol. The highest BCUT2D eigenvalue weighted by Crippen LogP contribution is 2.72. The van der Waals surface area contributed by atoms with Crippen LogP contribution in [0.2, 0.25) is 0 Å². The normalized spacial score (nSPS) is 34.6. The van der Waals surface area contributed by atoms with E-state index in [1.807, 2.05) is 85.7 Å². The van der Waals surface area contributed by atoms with Crippen LogP contribution in [-0.2, 0) is 81.9 Å². The van der Waals surface area contributed by atoms with E-state index >= 15 is 0 Å². The molecule has 136 heavy (non-hydrogen) atoms. The van der Waals surface area contributed by atoms with Crippen molar-refractivity contribution in [2.45, 2.75) is 432 Å². The molecule has 0 aromatic heterocycles. The molecule has 19 saturated carbocycles. The molecule has 24 heteroatoms. The molecule has 0 radical (unpaired) electrons. The van der Waals surface area contributed by atoms with Gasteiger partial charge < -0.3 is 37.9 Å². The number of thiol groups is 8. The maximum Gasteiger partial charge on any atom is 0.316 e. The summed E-state index contributed by atoms with van der Waals surface area (Å²) in [5.74, 6) is 19.9. The molecule has 20 rings (SSSR count). The van der Waals surface area contributed by atoms with Crippen LogP contribution in [0.5, 0.6) is 0 Å². The van der Waals surface area contributed by atoms with Crippen molar-refractivity contribution in [3.63, 3.8) is 0 Å². The van der Waals surface area contributed by atoms with Crippen LogP contribution < -0.4 is 0 Å². The van der Waals surface area contributed by atoms with Crippen molar-refractivity contribution in [1.82, 2.24) is 0 Å². The quantitative estimate of drug-likeness (QED) is 0.0156. The zero-order valence-electron chi connectivity index (χ0n) is 86.7. The molecule has 19 aliphatic rings. The van der Waals surface area contributed by atoms with Crippen LogP contribution in [0.25, 0.3) is 0 Å². The number of esters is 8. The average Bonchev–Trinajstić information content (AvgIpc) is 1.54. The number of carbonyl (C=O) groups is 8. The molecular weight excluding hydrogens is 1860 g/mol. The smallest absolute Gasteiger partial charge is 0.316 e. The highest BCUT2D eigenvalue weighted by Gasteiger charge is 2.68. The van der Waals surface area contributed by atoms with E-state index in [-0.39, 0.29) is 109 Å². The van der Waals surface area contributed by atoms with Crippen molar-refractivity contribution < 1.29 is 76.3 Å². The van der Waals surface area contributed by atoms with Crippen LogP contribution in [0.1, 0.15) is 392 Å². The Labute approximate surface area is 867 Å². The fraction of sp³-hybridized carbons (Fsp3) is 0.875. The molecule has 19 aliphatic carbocycles. The number of benzene rings is 1. The highest BCUT2D eigenvalue weighted by atomic mass is 32.1. The summed E-state index contributed by atoms with van der Waals surface area (Å²) < 4.78 is 45.6. The lowest BCUT2D eigenvalue weighted by atomic mass is 9.46. The van der Waals surface area contributed by atoms with E-state index in [9.17, 15) is 38.4 Å². The van der Waals surface area contributed by atoms with Crippen LogP contribution >= 0.6 is 101 Å². The summed E-state index contributed by atoms with van der Waals surface area (Å²) in [4.78, 5) is 93.0. The van der Waals surface area contributed by atoms with Crippen molar-refractivity contribution in [2.75, 3.05) is 46.0 Å². The van der Waals surface area contributed by atoms with Crippen LogP contribution in [0, 0.1) is 135 Å². The van der Waals surface area contributed by atoms with E-state index in [2.05, 4.69) is 156 Å². The molecule has 0 N–H and O–H groups in total. The third kappa shape index (κ3) is 30.1. The molecule has 19 fully saturated rings. The van der Waals surface area contributed by atoms with Gasteiger partial charge in [-0.25, -0.2) is 0 Å². The average molecular weight is 2040 g/mol. The minimum atomic E-state index is -0.526. The van der Waals surface area contributed by atoms with E-state index in [1.54, 1.807) is 0 Å². The number of rotatable bonds is 30. The second-order valence-electron chi connectivity index (χ2n) is 48.6. The molecule has 776 valence electrons. The van der Waals surface area contributed by atoms with E-state index in [0.29, 0.717) is 109 Å². The second-order valence-corrected chi connectivity index (χ2v) is 51.9. The van der Waals surface area contributed by atoms with Gasteiger partial charge in [0.15, 0.2) is 0 Å². The summed E-state index contributed by atoms with van der Waals surface area (Å²) in [5.41, 5.74) is -0.795. The van der Waals surface area contributed by atoms with E-state index in [0.717, 1.165) is 114 Å². The van der Waals surface area contributed by atoms with Gasteiger partial charge in [0.05, 0.1) is 50.0 Å². The van der Waals surface area contributed by atoms with Gasteiger partial charge in [-0.05, 0) is 400 Å². The molecule has 1 aromatic rings. The second kappa shape index (κ2) is 51.4. The SMILES string of the molecule is CC(C)(OC(=O)CCS)C12CC3CC(CC(C3)C1)C2.CC(C)(OC(=O)CCS)C1CCCCC1.CC(C)(OC(=O)CS)C12CC3CC(CC(C3)C1)C2.CC1(OC(=O)CCS)C2CC3CC(C2)CC1C3.CC1CCC(C(C)(C)OC(=O)CCS)CC1.CC1CCC(C(C)(C)OC(=O)CS)CC1.CCC(C)(OC(=O)CCS)c1ccccc1.CC[C@@]1(OC(=O)CCS)CC2CC1C1C3CCC(C3)C21. The Morgan fingerprint density at radius 1 is 0.338 bits per heavy atom. The summed E-state index contributed by atoms with van der Waals surface area (Å²) in [5, 5.41) is 0. The summed E-state index contributed by atoms with van der Waals surface area (Å²) >= 11 is 32.5. The molecule has 8 atom stereocenters. The monoisotopic (exact) mass is 2040 g/mol. The number of hydrogen-bond acceptors (Lipinski definition) is 24. The molecule has 1 aromatic carbocycles. The number of carbonyl (C=O) groups excluding carboxylic acids is 8. The zero-order valence-corrected chi connectivity index (χ0v) is 93.8. The minimum Gasteiger partial charge on any atom is -0.459 e. The fourth-order valence-electron chi connectivity index (χ4n) is 30.7. The summed E-state index contributed by atoms with van der Waals surface area (Å²) in [7, 11) is 0. The van der Waals surface area contributed by atoms with Gasteiger partial charge in [-0.2, -0.15) is 101 Å². The molecular formula is C112H184O16S8. The van der Waals surface area contributed by atoms with Crippen molar-refractivity contribution in [2.24, 2.45) is 135 Å². The Morgan fingerprint density at radius 3 is 1.04 bits per heavy atom. The van der Waals surface area contributed by atoms with E-state index in [4.69, 9.17) is 37.9 Å². The van der Waals surface area contributed by atoms with Gasteiger partial charge >= 0.3 is 47.8 Å². The van der Waals surface area contributed by atoms with Crippen molar-refractivity contribution in [1.29, 1.82) is 0 Å². The third-order valence-electron chi connectivity index (χ3n) is 37.5. The number of ether oxygens (including phenoxy) is 8. The zero-order chi connectivity index (χ0) is 99.6. The van der Waals surface area contributed by atoms with Crippen molar-refractivity contribution in [3.05, 3.63) is 35.9 Å². The van der Waals surface area contributed by atoms with Gasteiger partial charge in [-0.3, -0.25) is 38.4 Å². The molecule has 16 nitrogen and oxygen atoms in total. The topological polar surface area (TPSA) is 210 Å². The van der Waals surface area contributed by atoms with Crippen LogP contribution in [0.4, 0.5) is 0 Å². The Balaban J connectivity index is 0.000000161. The maximum atomic E-state index is 12.0. The highest BCUT2D eigenvalue weighted by molar-refractivity contribution is 7.81. The standard InChI is InChI=1S/C17H26O2S.C16H26O2S.C15H24O2S.C14H22O2S.C13H24O2S.C13H18O2S.2C12H22O2S/c1-2-17(19-14(18)5-6-20)9-12-8-13(17)16-11-4-3-10(7-11)15(12)16;1-15(2,18-14(17)3-4-19)16-8-11-5-12(9-16)7-13(6-11)10-16;1-14(2,17-13(16)9-18)15-6-10-3-11(7-15)5-12(4-10)8-15;1-14(16-13(15)2-3-17)11-5-9-4-10(7-11)8-12(14)6-9;1-10-4-6-11(7-5-10)13(2,3)15-12(14)8-9-16;1-3-13(2,15-12(14)9-10-16)11-7-5-4-6-8-11;1-9-4-6-10(7-5-9)12(2,3)14-11(13)8-15;1-12(2,14-11(13)8-9-15)10-6-4-3-5-7-10/h10-13,15-16,20H,2-9H2,1H3;11-13,19H,3-10H2,1-2H3;10-12,18H,3-9H2,1-2H3;9-12,17H,2-8H2,1H3;10-11,16H,4-9H2,1-3H3;4-8,16H,3,9-10H2,1-2H3;9-10,15H,4-8H2,1-3H3;10,15H,3-9H2,1-2H3/t10?,11?,12?,13?,15?,16?,17-;;;;;;;/m1......./s1. The van der Waals surface area contributed by atoms with Crippen molar-refractivity contribution >= 4 is 149 Å². The Hall–Kier alpha value is -2.22. The first kappa shape index (κ1) is 116. The van der Waals surface area contributed by atoms with Gasteiger partial charge in [-0.15, -0.1) is 0 Å². The third-order valence-corrected chi connectivity index (χ3v) is 39.4. The lowest BCUT2D eigenvalue weighted by Gasteiger charge is -2.61. The predicted octanol–water partition coefficient (Wildman–Crippen LogP) is 27.0. The maximum absolute atomic E-state index is 12.0. The lowest BCUT2D eigenvalue weighted by Crippen LogP contribution is -2.58. The fourth-order valence-corrected chi connectivity index (χ4v) is 31.9. The number of fused-ring (bicyclic) bond motifs is 9. The first-order valence-corrected chi connectivity index (χ1v) is 59.0. The summed E-state index contributed by atoms with van der Waals surface area (Å²) in [6, 6.07) is 9.83. The largest absolute Gasteiger partial charge is 0.459 e. The molecule has 0 saturated heterocycles. The van der Waals surface area contributed by atoms with Crippen LogP contribution in [0.15, 0.2) is 30.3 Å². The van der Waals surface area contributed by atoms with Crippen LogP contribution in [0.3, 0.4) is 0 Å². The molecule has 7 unspecified atom stereocenters. The van der Waals surface area contributed by atoms with Gasteiger partial charge in [-0.1, -0.05) is 103 Å². The van der Waals surface area contributed by atoms with E-state index < -0.39 is 5.60 Å². The summed E-state index contributed by atoms with van der Waals surface area (Å²) in [6.45, 7) is 33.7. The first-order chi connectivity index (χ1) is 64.3. The Kier molecular flexibility index (Phi) is 43.7. The Morgan fingerprint density at radius 2 is 0.669 bits per heavy atom. The van der Waals surface area contributed by atoms with Gasteiger partial charge in [0, 0.05) is 51.3 Å². The van der Waals surface area contributed by atoms with Crippen molar-refractivity contribution in [3.8, 4) is 0 Å². The Bertz CT molecular complexity index is 3860.